The third-order valence-corrected chi connectivity index (χ3v) is 6.06. The molecule has 1 N–H and O–H groups in total. The third kappa shape index (κ3) is 4.01. The van der Waals surface area contributed by atoms with E-state index in [1.165, 1.54) is 5.56 Å². The maximum atomic E-state index is 6.14. The van der Waals surface area contributed by atoms with Crippen molar-refractivity contribution in [3.8, 4) is 0 Å². The molecule has 158 valence electrons. The van der Waals surface area contributed by atoms with Gasteiger partial charge in [-0.25, -0.2) is 15.4 Å². The second-order valence-corrected chi connectivity index (χ2v) is 8.26. The van der Waals surface area contributed by atoms with Crippen molar-refractivity contribution in [1.29, 1.82) is 0 Å². The Bertz CT molecular complexity index is 1080. The first-order valence-electron chi connectivity index (χ1n) is 10.8. The van der Waals surface area contributed by atoms with Gasteiger partial charge in [-0.3, -0.25) is 5.01 Å². The molecular formula is C24H25ClN6. The van der Waals surface area contributed by atoms with Gasteiger partial charge in [0, 0.05) is 35.8 Å². The molecule has 0 spiro atoms. The zero-order valence-electron chi connectivity index (χ0n) is 17.5. The van der Waals surface area contributed by atoms with E-state index in [0.717, 1.165) is 60.2 Å². The number of hydrazone groups is 1. The summed E-state index contributed by atoms with van der Waals surface area (Å²) in [5.41, 5.74) is 7.79. The molecule has 2 aliphatic rings. The lowest BCUT2D eigenvalue weighted by atomic mass is 9.90. The van der Waals surface area contributed by atoms with Crippen LogP contribution in [0.3, 0.4) is 0 Å². The average Bonchev–Trinajstić information content (AvgIpc) is 3.50. The summed E-state index contributed by atoms with van der Waals surface area (Å²) in [4.78, 5) is 9.52. The topological polar surface area (TPSA) is 56.7 Å². The Morgan fingerprint density at radius 2 is 1.90 bits per heavy atom. The van der Waals surface area contributed by atoms with Crippen LogP contribution in [-0.2, 0) is 6.42 Å². The number of aromatic nitrogens is 2. The highest BCUT2D eigenvalue weighted by molar-refractivity contribution is 6.30. The van der Waals surface area contributed by atoms with E-state index >= 15 is 0 Å². The predicted molar refractivity (Wildman–Crippen MR) is 126 cm³/mol. The maximum absolute atomic E-state index is 6.14. The second-order valence-electron chi connectivity index (χ2n) is 7.82. The fourth-order valence-corrected chi connectivity index (χ4v) is 4.28. The van der Waals surface area contributed by atoms with Gasteiger partial charge in [-0.2, -0.15) is 10.1 Å². The van der Waals surface area contributed by atoms with Gasteiger partial charge in [0.1, 0.15) is 0 Å². The summed E-state index contributed by atoms with van der Waals surface area (Å²) in [6.07, 6.45) is 3.87. The number of halogens is 1. The summed E-state index contributed by atoms with van der Waals surface area (Å²) in [7, 11) is 0. The van der Waals surface area contributed by atoms with E-state index in [2.05, 4.69) is 41.6 Å². The van der Waals surface area contributed by atoms with Crippen molar-refractivity contribution in [2.75, 3.05) is 29.7 Å². The molecule has 2 aromatic carbocycles. The molecule has 3 heterocycles. The van der Waals surface area contributed by atoms with Crippen LogP contribution in [0.15, 0.2) is 65.9 Å². The largest absolute Gasteiger partial charge is 0.276 e. The molecule has 3 aromatic rings. The molecule has 6 nitrogen and oxygen atoms in total. The summed E-state index contributed by atoms with van der Waals surface area (Å²) in [5, 5.41) is 9.86. The van der Waals surface area contributed by atoms with Crippen molar-refractivity contribution in [1.82, 2.24) is 15.4 Å². The van der Waals surface area contributed by atoms with Crippen molar-refractivity contribution >= 4 is 29.1 Å². The lowest BCUT2D eigenvalue weighted by Crippen LogP contribution is -2.32. The number of nitrogens with zero attached hydrogens (tertiary/aromatic N) is 5. The van der Waals surface area contributed by atoms with Crippen LogP contribution >= 0.6 is 11.6 Å². The van der Waals surface area contributed by atoms with Crippen molar-refractivity contribution in [3.05, 3.63) is 82.5 Å². The van der Waals surface area contributed by atoms with Gasteiger partial charge >= 0.3 is 0 Å². The molecule has 0 amide bonds. The van der Waals surface area contributed by atoms with Crippen LogP contribution in [-0.4, -0.2) is 35.3 Å². The fraction of sp³-hybridized carbons (Fsp3) is 0.292. The molecular weight excluding hydrogens is 408 g/mol. The molecule has 2 aliphatic heterocycles. The summed E-state index contributed by atoms with van der Waals surface area (Å²) in [6, 6.07) is 18.5. The summed E-state index contributed by atoms with van der Waals surface area (Å²) >= 11 is 6.14. The molecule has 1 saturated heterocycles. The van der Waals surface area contributed by atoms with E-state index in [9.17, 15) is 0 Å². The minimum absolute atomic E-state index is 0.149. The molecule has 1 fully saturated rings. The van der Waals surface area contributed by atoms with Gasteiger partial charge < -0.3 is 0 Å². The number of nitrogens with one attached hydrogen (secondary N) is 1. The van der Waals surface area contributed by atoms with Crippen molar-refractivity contribution in [2.24, 2.45) is 5.10 Å². The lowest BCUT2D eigenvalue weighted by molar-refractivity contribution is 0.745. The van der Waals surface area contributed by atoms with Crippen LogP contribution in [0.5, 0.6) is 0 Å². The Morgan fingerprint density at radius 1 is 1.10 bits per heavy atom. The molecule has 0 aliphatic carbocycles. The van der Waals surface area contributed by atoms with Crippen LogP contribution in [0, 0.1) is 0 Å². The number of rotatable bonds is 5. The van der Waals surface area contributed by atoms with Crippen LogP contribution in [0.25, 0.3) is 0 Å². The SMILES string of the molecule is CCc1cnc(N2CCCN2)nc1N1CC(c2ccccc2)C(c2ccc(Cl)cc2)=N1. The minimum Gasteiger partial charge on any atom is -0.276 e. The molecule has 31 heavy (non-hydrogen) atoms. The van der Waals surface area contributed by atoms with E-state index in [1.807, 2.05) is 46.5 Å². The van der Waals surface area contributed by atoms with Crippen LogP contribution < -0.4 is 15.4 Å². The van der Waals surface area contributed by atoms with E-state index in [0.29, 0.717) is 5.95 Å². The highest BCUT2D eigenvalue weighted by Crippen LogP contribution is 2.33. The van der Waals surface area contributed by atoms with Crippen molar-refractivity contribution in [3.63, 3.8) is 0 Å². The Hall–Kier alpha value is -2.96. The molecule has 0 bridgehead atoms. The molecule has 1 aromatic heterocycles. The Labute approximate surface area is 187 Å². The number of hydrogen-bond donors (Lipinski definition) is 1. The summed E-state index contributed by atoms with van der Waals surface area (Å²) < 4.78 is 0. The third-order valence-electron chi connectivity index (χ3n) is 5.81. The standard InChI is InChI=1S/C24H25ClN6/c1-2-17-15-26-24(30-14-6-13-27-30)28-23(17)31-16-21(18-7-4-3-5-8-18)22(29-31)19-9-11-20(25)12-10-19/h3-5,7-12,15,21,27H,2,6,13-14,16H2,1H3. The minimum atomic E-state index is 0.149. The number of hydrazine groups is 1. The Kier molecular flexibility index (Phi) is 5.57. The van der Waals surface area contributed by atoms with Crippen LogP contribution in [0.1, 0.15) is 36.0 Å². The van der Waals surface area contributed by atoms with Gasteiger partial charge in [-0.05, 0) is 36.1 Å². The van der Waals surface area contributed by atoms with E-state index in [1.54, 1.807) is 0 Å². The highest BCUT2D eigenvalue weighted by Gasteiger charge is 2.32. The quantitative estimate of drug-likeness (QED) is 0.647. The van der Waals surface area contributed by atoms with Crippen LogP contribution in [0.2, 0.25) is 5.02 Å². The van der Waals surface area contributed by atoms with E-state index in [4.69, 9.17) is 21.7 Å². The molecule has 5 rings (SSSR count). The number of hydrogen-bond acceptors (Lipinski definition) is 6. The number of anilines is 2. The first-order valence-corrected chi connectivity index (χ1v) is 11.1. The maximum Gasteiger partial charge on any atom is 0.242 e. The van der Waals surface area contributed by atoms with E-state index in [-0.39, 0.29) is 5.92 Å². The van der Waals surface area contributed by atoms with Crippen LogP contribution in [0.4, 0.5) is 11.8 Å². The second kappa shape index (κ2) is 8.65. The molecule has 7 heteroatoms. The molecule has 0 radical (unpaired) electrons. The highest BCUT2D eigenvalue weighted by atomic mass is 35.5. The van der Waals surface area contributed by atoms with Gasteiger partial charge in [0.05, 0.1) is 12.3 Å². The Morgan fingerprint density at radius 3 is 2.61 bits per heavy atom. The zero-order chi connectivity index (χ0) is 21.2. The fourth-order valence-electron chi connectivity index (χ4n) is 4.15. The Balaban J connectivity index is 1.56. The van der Waals surface area contributed by atoms with Crippen molar-refractivity contribution < 1.29 is 0 Å². The summed E-state index contributed by atoms with van der Waals surface area (Å²) in [5.74, 6) is 1.73. The summed E-state index contributed by atoms with van der Waals surface area (Å²) in [6.45, 7) is 4.73. The number of aryl methyl sites for hydroxylation is 1. The van der Waals surface area contributed by atoms with Gasteiger partial charge in [-0.15, -0.1) is 0 Å². The molecule has 1 atom stereocenters. The first-order chi connectivity index (χ1) is 15.2. The normalized spacial score (nSPS) is 18.5. The first kappa shape index (κ1) is 20.0. The average molecular weight is 433 g/mol. The molecule has 0 saturated carbocycles. The predicted octanol–water partition coefficient (Wildman–Crippen LogP) is 4.42. The van der Waals surface area contributed by atoms with E-state index < -0.39 is 0 Å². The van der Waals surface area contributed by atoms with Gasteiger partial charge in [-0.1, -0.05) is 61.0 Å². The molecule has 1 unspecified atom stereocenters. The van der Waals surface area contributed by atoms with Crippen molar-refractivity contribution in [2.45, 2.75) is 25.7 Å². The zero-order valence-corrected chi connectivity index (χ0v) is 18.3. The number of benzene rings is 2. The van der Waals surface area contributed by atoms with Gasteiger partial charge in [0.25, 0.3) is 0 Å². The smallest absolute Gasteiger partial charge is 0.242 e. The lowest BCUT2D eigenvalue weighted by Gasteiger charge is -2.21. The monoisotopic (exact) mass is 432 g/mol. The van der Waals surface area contributed by atoms with Gasteiger partial charge in [0.2, 0.25) is 5.95 Å². The van der Waals surface area contributed by atoms with Gasteiger partial charge in [0.15, 0.2) is 5.82 Å².